The molecule has 0 spiro atoms. The second kappa shape index (κ2) is 11.2. The first-order chi connectivity index (χ1) is 15.9. The fourth-order valence-electron chi connectivity index (χ4n) is 3.47. The highest BCUT2D eigenvalue weighted by Gasteiger charge is 2.16. The van der Waals surface area contributed by atoms with Gasteiger partial charge < -0.3 is 10.6 Å². The average Bonchev–Trinajstić information content (AvgIpc) is 3.24. The van der Waals surface area contributed by atoms with Gasteiger partial charge in [-0.25, -0.2) is 9.37 Å². The molecule has 172 valence electrons. The number of pyridine rings is 1. The van der Waals surface area contributed by atoms with Crippen LogP contribution in [0.3, 0.4) is 0 Å². The Balaban J connectivity index is 1.63. The second-order valence-corrected chi connectivity index (χ2v) is 7.85. The summed E-state index contributed by atoms with van der Waals surface area (Å²) in [5.74, 6) is -0.305. The fourth-order valence-corrected chi connectivity index (χ4v) is 3.47. The molecule has 0 fully saturated rings. The summed E-state index contributed by atoms with van der Waals surface area (Å²) in [7, 11) is 1.80. The summed E-state index contributed by atoms with van der Waals surface area (Å²) in [6.07, 6.45) is 10.3. The molecule has 0 aliphatic heterocycles. The van der Waals surface area contributed by atoms with Crippen LogP contribution in [-0.2, 0) is 11.8 Å². The van der Waals surface area contributed by atoms with Crippen LogP contribution >= 0.6 is 0 Å². The molecule has 2 aromatic heterocycles. The minimum absolute atomic E-state index is 0.252. The Bertz CT molecular complexity index is 1130. The number of hydrogen-bond acceptors (Lipinski definition) is 4. The van der Waals surface area contributed by atoms with E-state index in [4.69, 9.17) is 0 Å². The van der Waals surface area contributed by atoms with E-state index >= 15 is 0 Å². The standard InChI is InChI=1S/C26H30FN5O/c1-5-7-9-19(8-6-2)21-11-13-25(28-17-21)31-26(33)18(3)30-23-12-10-20(16-22(23)27)24-14-15-29-32(24)4/h6,8,10-18,30H,2,5,7,9H2,1,3-4H3,(H,28,31,33)/b19-8+. The van der Waals surface area contributed by atoms with Crippen molar-refractivity contribution in [1.29, 1.82) is 0 Å². The van der Waals surface area contributed by atoms with Crippen LogP contribution in [0, 0.1) is 5.82 Å². The molecule has 3 aromatic rings. The van der Waals surface area contributed by atoms with E-state index in [1.165, 1.54) is 6.07 Å². The molecule has 0 bridgehead atoms. The molecule has 0 saturated heterocycles. The van der Waals surface area contributed by atoms with Crippen molar-refractivity contribution in [2.75, 3.05) is 10.6 Å². The van der Waals surface area contributed by atoms with E-state index in [1.807, 2.05) is 18.2 Å². The van der Waals surface area contributed by atoms with Gasteiger partial charge in [0.05, 0.1) is 11.4 Å². The Labute approximate surface area is 194 Å². The number of carbonyl (C=O) groups excluding carboxylic acids is 1. The second-order valence-electron chi connectivity index (χ2n) is 7.85. The van der Waals surface area contributed by atoms with Gasteiger partial charge in [-0.1, -0.05) is 38.1 Å². The number of aryl methyl sites for hydroxylation is 1. The molecule has 1 atom stereocenters. The topological polar surface area (TPSA) is 71.8 Å². The number of anilines is 2. The molecule has 1 amide bonds. The van der Waals surface area contributed by atoms with E-state index in [0.29, 0.717) is 11.4 Å². The Kier molecular flexibility index (Phi) is 8.13. The van der Waals surface area contributed by atoms with Gasteiger partial charge in [-0.05, 0) is 61.2 Å². The number of benzene rings is 1. The molecule has 7 heteroatoms. The van der Waals surface area contributed by atoms with Crippen LogP contribution in [0.2, 0.25) is 0 Å². The normalized spacial score (nSPS) is 12.3. The molecule has 0 aliphatic rings. The summed E-state index contributed by atoms with van der Waals surface area (Å²) in [4.78, 5) is 17.0. The zero-order chi connectivity index (χ0) is 23.8. The first-order valence-corrected chi connectivity index (χ1v) is 11.1. The maximum Gasteiger partial charge on any atom is 0.247 e. The summed E-state index contributed by atoms with van der Waals surface area (Å²) < 4.78 is 16.3. The zero-order valence-corrected chi connectivity index (χ0v) is 19.3. The van der Waals surface area contributed by atoms with Gasteiger partial charge in [0.25, 0.3) is 0 Å². The maximum atomic E-state index is 14.6. The Morgan fingerprint density at radius 1 is 1.27 bits per heavy atom. The van der Waals surface area contributed by atoms with Gasteiger partial charge in [0.2, 0.25) is 5.91 Å². The van der Waals surface area contributed by atoms with E-state index in [1.54, 1.807) is 55.3 Å². The molecule has 6 nitrogen and oxygen atoms in total. The third-order valence-electron chi connectivity index (χ3n) is 5.36. The number of nitrogens with zero attached hydrogens (tertiary/aromatic N) is 3. The third kappa shape index (κ3) is 6.16. The number of rotatable bonds is 10. The van der Waals surface area contributed by atoms with Gasteiger partial charge >= 0.3 is 0 Å². The number of halogens is 1. The van der Waals surface area contributed by atoms with E-state index in [0.717, 1.165) is 36.1 Å². The van der Waals surface area contributed by atoms with Gasteiger partial charge in [-0.2, -0.15) is 5.10 Å². The minimum atomic E-state index is -0.663. The molecule has 1 unspecified atom stereocenters. The number of nitrogens with one attached hydrogen (secondary N) is 2. The van der Waals surface area contributed by atoms with E-state index in [9.17, 15) is 9.18 Å². The van der Waals surface area contributed by atoms with Crippen LogP contribution in [0.15, 0.2) is 67.5 Å². The number of allylic oxidation sites excluding steroid dienone is 3. The van der Waals surface area contributed by atoms with Crippen molar-refractivity contribution >= 4 is 23.0 Å². The summed E-state index contributed by atoms with van der Waals surface area (Å²) in [6.45, 7) is 7.61. The summed E-state index contributed by atoms with van der Waals surface area (Å²) >= 11 is 0. The van der Waals surface area contributed by atoms with Crippen LogP contribution in [0.5, 0.6) is 0 Å². The number of aromatic nitrogens is 3. The summed E-state index contributed by atoms with van der Waals surface area (Å²) in [5, 5.41) is 9.81. The van der Waals surface area contributed by atoms with Crippen molar-refractivity contribution in [2.24, 2.45) is 7.05 Å². The van der Waals surface area contributed by atoms with Crippen molar-refractivity contribution in [3.63, 3.8) is 0 Å². The molecular weight excluding hydrogens is 417 g/mol. The molecule has 0 aliphatic carbocycles. The number of unbranched alkanes of at least 4 members (excludes halogenated alkanes) is 1. The number of hydrogen-bond donors (Lipinski definition) is 2. The molecular formula is C26H30FN5O. The zero-order valence-electron chi connectivity index (χ0n) is 19.3. The molecule has 2 N–H and O–H groups in total. The quantitative estimate of drug-likeness (QED) is 0.384. The van der Waals surface area contributed by atoms with E-state index in [2.05, 4.69) is 34.2 Å². The van der Waals surface area contributed by atoms with Crippen LogP contribution in [0.1, 0.15) is 38.7 Å². The van der Waals surface area contributed by atoms with Crippen molar-refractivity contribution in [3.05, 3.63) is 78.9 Å². The Morgan fingerprint density at radius 2 is 2.09 bits per heavy atom. The van der Waals surface area contributed by atoms with E-state index < -0.39 is 11.9 Å². The highest BCUT2D eigenvalue weighted by molar-refractivity contribution is 5.95. The third-order valence-corrected chi connectivity index (χ3v) is 5.36. The first-order valence-electron chi connectivity index (χ1n) is 11.1. The SMILES string of the molecule is C=C/C=C(\CCCC)c1ccc(NC(=O)C(C)Nc2ccc(-c3ccnn3C)cc2F)nc1. The number of carbonyl (C=O) groups is 1. The lowest BCUT2D eigenvalue weighted by molar-refractivity contribution is -0.116. The molecule has 2 heterocycles. The van der Waals surface area contributed by atoms with Crippen LogP contribution < -0.4 is 10.6 Å². The van der Waals surface area contributed by atoms with Crippen LogP contribution in [0.25, 0.3) is 16.8 Å². The Morgan fingerprint density at radius 3 is 2.70 bits per heavy atom. The molecule has 0 radical (unpaired) electrons. The molecule has 3 rings (SSSR count). The lowest BCUT2D eigenvalue weighted by Crippen LogP contribution is -2.32. The van der Waals surface area contributed by atoms with E-state index in [-0.39, 0.29) is 11.6 Å². The van der Waals surface area contributed by atoms with Crippen molar-refractivity contribution in [3.8, 4) is 11.3 Å². The monoisotopic (exact) mass is 447 g/mol. The molecule has 1 aromatic carbocycles. The van der Waals surface area contributed by atoms with Crippen LogP contribution in [0.4, 0.5) is 15.9 Å². The lowest BCUT2D eigenvalue weighted by atomic mass is 10.0. The smallest absolute Gasteiger partial charge is 0.247 e. The van der Waals surface area contributed by atoms with Crippen molar-refractivity contribution in [1.82, 2.24) is 14.8 Å². The van der Waals surface area contributed by atoms with Gasteiger partial charge in [-0.3, -0.25) is 9.48 Å². The van der Waals surface area contributed by atoms with Gasteiger partial charge in [0.1, 0.15) is 17.7 Å². The van der Waals surface area contributed by atoms with Crippen molar-refractivity contribution < 1.29 is 9.18 Å². The average molecular weight is 448 g/mol. The van der Waals surface area contributed by atoms with Crippen molar-refractivity contribution in [2.45, 2.75) is 39.2 Å². The molecule has 33 heavy (non-hydrogen) atoms. The fraction of sp³-hybridized carbons (Fsp3) is 0.269. The predicted octanol–water partition coefficient (Wildman–Crippen LogP) is 5.82. The molecule has 0 saturated carbocycles. The lowest BCUT2D eigenvalue weighted by Gasteiger charge is -2.16. The van der Waals surface area contributed by atoms with Gasteiger partial charge in [0.15, 0.2) is 0 Å². The highest BCUT2D eigenvalue weighted by Crippen LogP contribution is 2.25. The van der Waals surface area contributed by atoms with Gasteiger partial charge in [-0.15, -0.1) is 0 Å². The summed E-state index contributed by atoms with van der Waals surface area (Å²) in [6, 6.07) is 9.70. The maximum absolute atomic E-state index is 14.6. The predicted molar refractivity (Wildman–Crippen MR) is 132 cm³/mol. The number of amides is 1. The Hall–Kier alpha value is -3.74. The van der Waals surface area contributed by atoms with Crippen LogP contribution in [-0.4, -0.2) is 26.7 Å². The highest BCUT2D eigenvalue weighted by atomic mass is 19.1. The van der Waals surface area contributed by atoms with Gasteiger partial charge in [0, 0.05) is 25.0 Å². The summed E-state index contributed by atoms with van der Waals surface area (Å²) in [5.41, 5.74) is 3.94. The first kappa shape index (κ1) is 23.9. The largest absolute Gasteiger partial charge is 0.372 e. The minimum Gasteiger partial charge on any atom is -0.372 e.